The molecule has 35 heavy (non-hydrogen) atoms. The van der Waals surface area contributed by atoms with E-state index in [4.69, 9.17) is 0 Å². The fourth-order valence-corrected chi connectivity index (χ4v) is 8.43. The molecule has 0 heterocycles. The molecule has 0 aromatic carbocycles. The lowest BCUT2D eigenvalue weighted by molar-refractivity contribution is 0.102. The first kappa shape index (κ1) is 29.5. The first-order valence-electron chi connectivity index (χ1n) is 16.9. The maximum atomic E-state index is 12.2. The quantitative estimate of drug-likeness (QED) is 0.178. The molecule has 0 atom stereocenters. The monoisotopic (exact) mass is 490 g/mol. The zero-order valence-electron chi connectivity index (χ0n) is 23.9. The van der Waals surface area contributed by atoms with Crippen molar-refractivity contribution in [2.24, 2.45) is 35.5 Å². The summed E-state index contributed by atoms with van der Waals surface area (Å²) >= 11 is 0. The minimum absolute atomic E-state index is 0.119. The second-order valence-corrected chi connectivity index (χ2v) is 13.4. The summed E-state index contributed by atoms with van der Waals surface area (Å²) in [6.07, 6.45) is 37.7. The minimum Gasteiger partial charge on any atom is -0.251 e. The van der Waals surface area contributed by atoms with Crippen LogP contribution >= 0.6 is 0 Å². The molecule has 0 aliphatic heterocycles. The largest absolute Gasteiger partial charge is 0.251 e. The number of rotatable bonds is 17. The molecule has 0 amide bonds. The third-order valence-electron chi connectivity index (χ3n) is 10.9. The van der Waals surface area contributed by atoms with Crippen LogP contribution in [-0.4, -0.2) is 6.67 Å². The van der Waals surface area contributed by atoms with Gasteiger partial charge in [-0.2, -0.15) is 0 Å². The number of alkyl halides is 1. The van der Waals surface area contributed by atoms with E-state index in [0.717, 1.165) is 48.3 Å². The van der Waals surface area contributed by atoms with Gasteiger partial charge in [-0.25, -0.2) is 0 Å². The summed E-state index contributed by atoms with van der Waals surface area (Å²) in [4.78, 5) is 0. The van der Waals surface area contributed by atoms with E-state index < -0.39 is 0 Å². The Hall–Kier alpha value is -0.0700. The highest BCUT2D eigenvalue weighted by Crippen LogP contribution is 2.46. The molecule has 3 rings (SSSR count). The van der Waals surface area contributed by atoms with Gasteiger partial charge in [0, 0.05) is 0 Å². The van der Waals surface area contributed by atoms with Crippen molar-refractivity contribution >= 4 is 0 Å². The van der Waals surface area contributed by atoms with E-state index in [1.807, 2.05) is 0 Å². The van der Waals surface area contributed by atoms with Gasteiger partial charge in [-0.15, -0.1) is 0 Å². The zero-order valence-corrected chi connectivity index (χ0v) is 23.9. The van der Waals surface area contributed by atoms with Crippen LogP contribution < -0.4 is 0 Å². The van der Waals surface area contributed by atoms with Crippen LogP contribution in [0.2, 0.25) is 0 Å². The standard InChI is InChI=1S/C34H63F/c1-2-3-4-5-6-8-11-14-29-16-20-31(21-17-29)33-24-26-34(27-25-33)32-22-18-30(19-23-32)15-12-9-7-10-13-28-35/h29-34H,2-28H2,1H3. The van der Waals surface area contributed by atoms with E-state index >= 15 is 0 Å². The predicted octanol–water partition coefficient (Wildman–Crippen LogP) is 11.9. The summed E-state index contributed by atoms with van der Waals surface area (Å²) in [5, 5.41) is 0. The third-order valence-corrected chi connectivity index (χ3v) is 10.9. The van der Waals surface area contributed by atoms with Gasteiger partial charge < -0.3 is 0 Å². The summed E-state index contributed by atoms with van der Waals surface area (Å²) in [6.45, 7) is 2.20. The zero-order chi connectivity index (χ0) is 24.6. The Bertz CT molecular complexity index is 477. The van der Waals surface area contributed by atoms with E-state index in [1.165, 1.54) is 103 Å². The molecule has 0 aromatic rings. The van der Waals surface area contributed by atoms with Crippen molar-refractivity contribution in [1.82, 2.24) is 0 Å². The molecule has 0 unspecified atom stereocenters. The van der Waals surface area contributed by atoms with Crippen molar-refractivity contribution in [3.05, 3.63) is 0 Å². The van der Waals surface area contributed by atoms with E-state index in [1.54, 1.807) is 51.4 Å². The molecule has 0 nitrogen and oxygen atoms in total. The maximum Gasteiger partial charge on any atom is 0.0894 e. The van der Waals surface area contributed by atoms with Crippen LogP contribution in [0.25, 0.3) is 0 Å². The van der Waals surface area contributed by atoms with Crippen molar-refractivity contribution in [1.29, 1.82) is 0 Å². The molecule has 3 saturated carbocycles. The maximum absolute atomic E-state index is 12.2. The molecular weight excluding hydrogens is 427 g/mol. The average Bonchev–Trinajstić information content (AvgIpc) is 2.91. The second kappa shape index (κ2) is 18.2. The van der Waals surface area contributed by atoms with Gasteiger partial charge in [0.25, 0.3) is 0 Å². The Balaban J connectivity index is 1.19. The fraction of sp³-hybridized carbons (Fsp3) is 1.00. The van der Waals surface area contributed by atoms with Gasteiger partial charge in [0.05, 0.1) is 6.67 Å². The second-order valence-electron chi connectivity index (χ2n) is 13.4. The molecule has 0 radical (unpaired) electrons. The molecule has 0 saturated heterocycles. The first-order valence-corrected chi connectivity index (χ1v) is 16.9. The predicted molar refractivity (Wildman–Crippen MR) is 153 cm³/mol. The van der Waals surface area contributed by atoms with E-state index in [0.29, 0.717) is 0 Å². The van der Waals surface area contributed by atoms with Gasteiger partial charge >= 0.3 is 0 Å². The summed E-state index contributed by atoms with van der Waals surface area (Å²) in [5.41, 5.74) is 0. The van der Waals surface area contributed by atoms with Gasteiger partial charge in [-0.1, -0.05) is 116 Å². The summed E-state index contributed by atoms with van der Waals surface area (Å²) in [7, 11) is 0. The number of hydrogen-bond acceptors (Lipinski definition) is 0. The summed E-state index contributed by atoms with van der Waals surface area (Å²) in [6, 6.07) is 0. The van der Waals surface area contributed by atoms with E-state index in [2.05, 4.69) is 6.92 Å². The highest BCUT2D eigenvalue weighted by atomic mass is 19.1. The lowest BCUT2D eigenvalue weighted by Gasteiger charge is -2.41. The molecule has 206 valence electrons. The van der Waals surface area contributed by atoms with Gasteiger partial charge in [0.15, 0.2) is 0 Å². The molecule has 0 N–H and O–H groups in total. The van der Waals surface area contributed by atoms with Crippen LogP contribution in [-0.2, 0) is 0 Å². The van der Waals surface area contributed by atoms with Gasteiger partial charge in [-0.05, 0) is 93.3 Å². The fourth-order valence-electron chi connectivity index (χ4n) is 8.43. The van der Waals surface area contributed by atoms with Crippen LogP contribution in [0.4, 0.5) is 4.39 Å². The summed E-state index contributed by atoms with van der Waals surface area (Å²) < 4.78 is 12.2. The number of unbranched alkanes of at least 4 members (excludes halogenated alkanes) is 10. The third kappa shape index (κ3) is 11.5. The normalized spacial score (nSPS) is 32.1. The van der Waals surface area contributed by atoms with Crippen LogP contribution in [0.5, 0.6) is 0 Å². The van der Waals surface area contributed by atoms with Crippen LogP contribution in [0.3, 0.4) is 0 Å². The van der Waals surface area contributed by atoms with E-state index in [-0.39, 0.29) is 6.67 Å². The minimum atomic E-state index is -0.119. The average molecular weight is 491 g/mol. The van der Waals surface area contributed by atoms with Crippen molar-refractivity contribution < 1.29 is 4.39 Å². The molecule has 1 heteroatoms. The van der Waals surface area contributed by atoms with Crippen molar-refractivity contribution in [2.75, 3.05) is 6.67 Å². The molecule has 3 aliphatic carbocycles. The van der Waals surface area contributed by atoms with Gasteiger partial charge in [0.1, 0.15) is 0 Å². The smallest absolute Gasteiger partial charge is 0.0894 e. The van der Waals surface area contributed by atoms with Crippen LogP contribution in [0, 0.1) is 35.5 Å². The topological polar surface area (TPSA) is 0 Å². The SMILES string of the molecule is CCCCCCCCCC1CCC(C2CCC(C3CCC(CCCCCCCF)CC3)CC2)CC1. The lowest BCUT2D eigenvalue weighted by Crippen LogP contribution is -2.29. The Morgan fingerprint density at radius 3 is 1.09 bits per heavy atom. The molecule has 0 bridgehead atoms. The lowest BCUT2D eigenvalue weighted by atomic mass is 9.64. The van der Waals surface area contributed by atoms with Gasteiger partial charge in [-0.3, -0.25) is 4.39 Å². The van der Waals surface area contributed by atoms with Gasteiger partial charge in [0.2, 0.25) is 0 Å². The van der Waals surface area contributed by atoms with Crippen molar-refractivity contribution in [3.8, 4) is 0 Å². The Morgan fingerprint density at radius 1 is 0.400 bits per heavy atom. The summed E-state index contributed by atoms with van der Waals surface area (Å²) in [5.74, 6) is 6.39. The number of halogens is 1. The molecule has 3 aliphatic rings. The van der Waals surface area contributed by atoms with Crippen molar-refractivity contribution in [3.63, 3.8) is 0 Å². The molecule has 0 spiro atoms. The first-order chi connectivity index (χ1) is 17.3. The van der Waals surface area contributed by atoms with Crippen LogP contribution in [0.1, 0.15) is 174 Å². The van der Waals surface area contributed by atoms with Crippen molar-refractivity contribution in [2.45, 2.75) is 174 Å². The highest BCUT2D eigenvalue weighted by Gasteiger charge is 2.34. The van der Waals surface area contributed by atoms with Crippen LogP contribution in [0.15, 0.2) is 0 Å². The highest BCUT2D eigenvalue weighted by molar-refractivity contribution is 4.86. The Morgan fingerprint density at radius 2 is 0.714 bits per heavy atom. The van der Waals surface area contributed by atoms with E-state index in [9.17, 15) is 4.39 Å². The Labute approximate surface area is 220 Å². The number of hydrogen-bond donors (Lipinski definition) is 0. The molecular formula is C34H63F. The molecule has 3 fully saturated rings. The molecule has 0 aromatic heterocycles. The Kier molecular flexibility index (Phi) is 15.4.